The molecule has 1 aromatic carbocycles. The summed E-state index contributed by atoms with van der Waals surface area (Å²) in [5.74, 6) is 0.867. The third-order valence-electron chi connectivity index (χ3n) is 5.95. The van der Waals surface area contributed by atoms with Crippen molar-refractivity contribution in [2.24, 2.45) is 17.8 Å². The molecule has 1 N–H and O–H groups in total. The molecule has 1 unspecified atom stereocenters. The number of Topliss-reactive ketones (excluding diaryl/α,β-unsaturated/α-hetero) is 1. The molecule has 0 spiro atoms. The topological polar surface area (TPSA) is 66.5 Å². The van der Waals surface area contributed by atoms with Crippen LogP contribution in [-0.2, 0) is 9.59 Å². The lowest BCUT2D eigenvalue weighted by Gasteiger charge is -2.35. The normalized spacial score (nSPS) is 25.7. The van der Waals surface area contributed by atoms with Crippen LogP contribution in [0.4, 0.5) is 5.69 Å². The van der Waals surface area contributed by atoms with Crippen molar-refractivity contribution in [2.75, 3.05) is 18.4 Å². The van der Waals surface area contributed by atoms with Crippen molar-refractivity contribution in [1.82, 2.24) is 4.90 Å². The summed E-state index contributed by atoms with van der Waals surface area (Å²) in [6.45, 7) is 5.49. The fourth-order valence-corrected chi connectivity index (χ4v) is 4.31. The van der Waals surface area contributed by atoms with E-state index in [2.05, 4.69) is 12.2 Å². The summed E-state index contributed by atoms with van der Waals surface area (Å²) in [5.41, 5.74) is 1.26. The van der Waals surface area contributed by atoms with Gasteiger partial charge in [-0.2, -0.15) is 0 Å². The average molecular weight is 370 g/mol. The van der Waals surface area contributed by atoms with E-state index in [0.717, 1.165) is 45.2 Å². The number of anilines is 1. The molecule has 5 heteroatoms. The Morgan fingerprint density at radius 3 is 2.41 bits per heavy atom. The summed E-state index contributed by atoms with van der Waals surface area (Å²) in [5, 5.41) is 2.93. The summed E-state index contributed by atoms with van der Waals surface area (Å²) in [6.07, 6.45) is 5.38. The second-order valence-corrected chi connectivity index (χ2v) is 8.21. The standard InChI is InChI=1S/C22H30N2O3/c1-15-5-4-12-24(14-15)22(27)18-10-8-17(9-11-18)21(26)23-20-7-3-6-19(13-20)16(2)25/h3,6-7,13,15,17-18H,4-5,8-12,14H2,1-2H3,(H,23,26). The van der Waals surface area contributed by atoms with Gasteiger partial charge < -0.3 is 10.2 Å². The van der Waals surface area contributed by atoms with Gasteiger partial charge in [0.25, 0.3) is 0 Å². The molecule has 2 amide bonds. The number of carbonyl (C=O) groups excluding carboxylic acids is 3. The van der Waals surface area contributed by atoms with Crippen LogP contribution in [-0.4, -0.2) is 35.6 Å². The highest BCUT2D eigenvalue weighted by Gasteiger charge is 2.33. The van der Waals surface area contributed by atoms with Crippen LogP contribution in [0, 0.1) is 17.8 Å². The van der Waals surface area contributed by atoms with E-state index in [9.17, 15) is 14.4 Å². The molecule has 2 fully saturated rings. The predicted octanol–water partition coefficient (Wildman–Crippen LogP) is 3.89. The first-order valence-electron chi connectivity index (χ1n) is 10.1. The maximum Gasteiger partial charge on any atom is 0.227 e. The molecule has 2 aliphatic rings. The largest absolute Gasteiger partial charge is 0.342 e. The van der Waals surface area contributed by atoms with Crippen molar-refractivity contribution in [3.05, 3.63) is 29.8 Å². The Balaban J connectivity index is 1.51. The van der Waals surface area contributed by atoms with E-state index in [1.165, 1.54) is 13.3 Å². The quantitative estimate of drug-likeness (QED) is 0.818. The number of nitrogens with one attached hydrogen (secondary N) is 1. The predicted molar refractivity (Wildman–Crippen MR) is 106 cm³/mol. The van der Waals surface area contributed by atoms with Gasteiger partial charge in [-0.25, -0.2) is 0 Å². The Kier molecular flexibility index (Phi) is 6.30. The van der Waals surface area contributed by atoms with Gasteiger partial charge in [-0.1, -0.05) is 19.1 Å². The molecule has 1 aromatic rings. The van der Waals surface area contributed by atoms with Crippen molar-refractivity contribution in [3.8, 4) is 0 Å². The van der Waals surface area contributed by atoms with E-state index in [4.69, 9.17) is 0 Å². The van der Waals surface area contributed by atoms with E-state index in [1.54, 1.807) is 24.3 Å². The minimum atomic E-state index is -0.0599. The lowest BCUT2D eigenvalue weighted by molar-refractivity contribution is -0.139. The molecule has 1 aliphatic carbocycles. The summed E-state index contributed by atoms with van der Waals surface area (Å²) in [6, 6.07) is 7.04. The zero-order valence-electron chi connectivity index (χ0n) is 16.4. The monoisotopic (exact) mass is 370 g/mol. The Morgan fingerprint density at radius 1 is 1.04 bits per heavy atom. The zero-order valence-corrected chi connectivity index (χ0v) is 16.4. The number of rotatable bonds is 4. The zero-order chi connectivity index (χ0) is 19.4. The average Bonchev–Trinajstić information content (AvgIpc) is 2.67. The Bertz CT molecular complexity index is 707. The van der Waals surface area contributed by atoms with Gasteiger partial charge in [0.2, 0.25) is 11.8 Å². The third-order valence-corrected chi connectivity index (χ3v) is 5.95. The third kappa shape index (κ3) is 4.96. The fraction of sp³-hybridized carbons (Fsp3) is 0.591. The van der Waals surface area contributed by atoms with Crippen molar-refractivity contribution >= 4 is 23.3 Å². The van der Waals surface area contributed by atoms with E-state index in [-0.39, 0.29) is 29.4 Å². The second-order valence-electron chi connectivity index (χ2n) is 8.21. The van der Waals surface area contributed by atoms with Crippen molar-refractivity contribution in [3.63, 3.8) is 0 Å². The van der Waals surface area contributed by atoms with Crippen LogP contribution in [0.1, 0.15) is 62.7 Å². The van der Waals surface area contributed by atoms with E-state index in [0.29, 0.717) is 17.2 Å². The van der Waals surface area contributed by atoms with E-state index < -0.39 is 0 Å². The molecule has 1 aliphatic heterocycles. The molecule has 146 valence electrons. The number of carbonyl (C=O) groups is 3. The number of likely N-dealkylation sites (tertiary alicyclic amines) is 1. The Morgan fingerprint density at radius 2 is 1.74 bits per heavy atom. The molecule has 0 radical (unpaired) electrons. The number of nitrogens with zero attached hydrogens (tertiary/aromatic N) is 1. The molecule has 0 bridgehead atoms. The van der Waals surface area contributed by atoms with Gasteiger partial charge in [-0.15, -0.1) is 0 Å². The first-order valence-corrected chi connectivity index (χ1v) is 10.1. The van der Waals surface area contributed by atoms with E-state index in [1.807, 2.05) is 4.90 Å². The molecular formula is C22H30N2O3. The van der Waals surface area contributed by atoms with Crippen LogP contribution in [0.2, 0.25) is 0 Å². The first-order chi connectivity index (χ1) is 12.9. The molecule has 1 saturated carbocycles. The summed E-state index contributed by atoms with van der Waals surface area (Å²) >= 11 is 0. The molecule has 1 heterocycles. The summed E-state index contributed by atoms with van der Waals surface area (Å²) < 4.78 is 0. The van der Waals surface area contributed by atoms with Crippen LogP contribution in [0.15, 0.2) is 24.3 Å². The highest BCUT2D eigenvalue weighted by Crippen LogP contribution is 2.32. The summed E-state index contributed by atoms with van der Waals surface area (Å²) in [4.78, 5) is 38.9. The Hall–Kier alpha value is -2.17. The molecule has 0 aromatic heterocycles. The maximum absolute atomic E-state index is 12.8. The molecule has 1 atom stereocenters. The smallest absolute Gasteiger partial charge is 0.227 e. The number of hydrogen-bond acceptors (Lipinski definition) is 3. The number of ketones is 1. The maximum atomic E-state index is 12.8. The van der Waals surface area contributed by atoms with Gasteiger partial charge in [-0.05, 0) is 63.5 Å². The van der Waals surface area contributed by atoms with Gasteiger partial charge in [0, 0.05) is 36.2 Å². The second kappa shape index (κ2) is 8.68. The first kappa shape index (κ1) is 19.6. The highest BCUT2D eigenvalue weighted by atomic mass is 16.2. The summed E-state index contributed by atoms with van der Waals surface area (Å²) in [7, 11) is 0. The molecule has 3 rings (SSSR count). The van der Waals surface area contributed by atoms with Crippen LogP contribution in [0.5, 0.6) is 0 Å². The molecular weight excluding hydrogens is 340 g/mol. The van der Waals surface area contributed by atoms with Gasteiger partial charge >= 0.3 is 0 Å². The molecule has 1 saturated heterocycles. The van der Waals surface area contributed by atoms with Gasteiger partial charge in [0.05, 0.1) is 0 Å². The van der Waals surface area contributed by atoms with Crippen LogP contribution < -0.4 is 5.32 Å². The van der Waals surface area contributed by atoms with Gasteiger partial charge in [0.15, 0.2) is 5.78 Å². The fourth-order valence-electron chi connectivity index (χ4n) is 4.31. The van der Waals surface area contributed by atoms with E-state index >= 15 is 0 Å². The minimum Gasteiger partial charge on any atom is -0.342 e. The van der Waals surface area contributed by atoms with Crippen molar-refractivity contribution in [2.45, 2.75) is 52.4 Å². The minimum absolute atomic E-state index is 0.00630. The number of hydrogen-bond donors (Lipinski definition) is 1. The van der Waals surface area contributed by atoms with Crippen molar-refractivity contribution < 1.29 is 14.4 Å². The van der Waals surface area contributed by atoms with Crippen molar-refractivity contribution in [1.29, 1.82) is 0 Å². The van der Waals surface area contributed by atoms with Crippen LogP contribution in [0.25, 0.3) is 0 Å². The van der Waals surface area contributed by atoms with Gasteiger partial charge in [-0.3, -0.25) is 14.4 Å². The lowest BCUT2D eigenvalue weighted by Crippen LogP contribution is -2.43. The number of benzene rings is 1. The highest BCUT2D eigenvalue weighted by molar-refractivity contribution is 5.97. The van der Waals surface area contributed by atoms with Crippen LogP contribution >= 0.6 is 0 Å². The molecule has 5 nitrogen and oxygen atoms in total. The lowest BCUT2D eigenvalue weighted by atomic mass is 9.80. The number of piperidine rings is 1. The van der Waals surface area contributed by atoms with Gasteiger partial charge in [0.1, 0.15) is 0 Å². The Labute approximate surface area is 161 Å². The SMILES string of the molecule is CC(=O)c1cccc(NC(=O)C2CCC(C(=O)N3CCCC(C)C3)CC2)c1. The van der Waals surface area contributed by atoms with Crippen LogP contribution in [0.3, 0.4) is 0 Å². The number of amides is 2. The molecule has 27 heavy (non-hydrogen) atoms.